The van der Waals surface area contributed by atoms with Gasteiger partial charge in [0.15, 0.2) is 0 Å². The number of halogens is 2. The van der Waals surface area contributed by atoms with E-state index in [1.807, 2.05) is 30.3 Å². The van der Waals surface area contributed by atoms with Crippen molar-refractivity contribution in [3.63, 3.8) is 0 Å². The molecule has 1 aliphatic rings. The van der Waals surface area contributed by atoms with E-state index >= 15 is 0 Å². The molecular formula is C16H17Cl2CrN. The molecule has 0 bridgehead atoms. The fraction of sp³-hybridized carbons (Fsp3) is 0.188. The van der Waals surface area contributed by atoms with Crippen molar-refractivity contribution in [1.82, 2.24) is 4.98 Å². The molecule has 0 N–H and O–H groups in total. The van der Waals surface area contributed by atoms with Crippen molar-refractivity contribution in [3.05, 3.63) is 65.9 Å². The number of fused-ring (bicyclic) bond motifs is 1. The quantitative estimate of drug-likeness (QED) is 0.615. The molecule has 0 spiro atoms. The summed E-state index contributed by atoms with van der Waals surface area (Å²) in [5.74, 6) is 0. The van der Waals surface area contributed by atoms with Gasteiger partial charge in [0.2, 0.25) is 0 Å². The molecule has 2 aromatic rings. The molecule has 0 saturated carbocycles. The summed E-state index contributed by atoms with van der Waals surface area (Å²) < 4.78 is 0. The number of hydrogen-bond acceptors (Lipinski definition) is 1. The van der Waals surface area contributed by atoms with Crippen LogP contribution in [0.25, 0.3) is 10.9 Å². The number of benzene rings is 1. The summed E-state index contributed by atoms with van der Waals surface area (Å²) in [7, 11) is 0. The zero-order valence-corrected chi connectivity index (χ0v) is 14.3. The van der Waals surface area contributed by atoms with Crippen LogP contribution in [-0.2, 0) is 17.4 Å². The molecular weight excluding hydrogens is 329 g/mol. The third-order valence-corrected chi connectivity index (χ3v) is 2.54. The standard InChI is InChI=1S/C9H6N.C7H9.2ClH.Cr/c1-2-6-9-8(4-1)5-3-7-10-9;1-6-3-4-7(2)5-6;;;/h1-5,7H;5H,3H2,1-2H3;2*1H;/q2*-1;;;+2. The van der Waals surface area contributed by atoms with E-state index < -0.39 is 0 Å². The van der Waals surface area contributed by atoms with E-state index in [-0.39, 0.29) is 42.2 Å². The minimum Gasteiger partial charge on any atom is -0.283 e. The summed E-state index contributed by atoms with van der Waals surface area (Å²) >= 11 is 0. The van der Waals surface area contributed by atoms with Crippen LogP contribution in [-0.4, -0.2) is 4.98 Å². The normalized spacial score (nSPS) is 11.7. The predicted octanol–water partition coefficient (Wildman–Crippen LogP) is 4.96. The first kappa shape index (κ1) is 21.5. The number of nitrogens with zero attached hydrogens (tertiary/aromatic N) is 1. The number of para-hydroxylation sites is 1. The van der Waals surface area contributed by atoms with Gasteiger partial charge in [0.25, 0.3) is 0 Å². The van der Waals surface area contributed by atoms with Gasteiger partial charge in [-0.3, -0.25) is 11.1 Å². The predicted molar refractivity (Wildman–Crippen MR) is 85.9 cm³/mol. The SMILES string of the molecule is CC1=[C-]CC(C)=C1.Cl.Cl.[Cr+2].[c-]1cccc2cccnc12. The van der Waals surface area contributed by atoms with Gasteiger partial charge in [-0.05, 0) is 5.52 Å². The van der Waals surface area contributed by atoms with Gasteiger partial charge in [0.05, 0.1) is 0 Å². The maximum Gasteiger partial charge on any atom is 2.00 e. The van der Waals surface area contributed by atoms with E-state index in [1.165, 1.54) is 11.1 Å². The number of aromatic nitrogens is 1. The van der Waals surface area contributed by atoms with Gasteiger partial charge in [0, 0.05) is 6.20 Å². The van der Waals surface area contributed by atoms with Crippen LogP contribution >= 0.6 is 24.8 Å². The van der Waals surface area contributed by atoms with Crippen LogP contribution < -0.4 is 0 Å². The summed E-state index contributed by atoms with van der Waals surface area (Å²) in [4.78, 5) is 4.13. The Labute approximate surface area is 144 Å². The summed E-state index contributed by atoms with van der Waals surface area (Å²) in [5.41, 5.74) is 3.65. The van der Waals surface area contributed by atoms with Gasteiger partial charge in [-0.2, -0.15) is 29.8 Å². The Bertz CT molecular complexity index is 514. The Balaban J connectivity index is 0. The van der Waals surface area contributed by atoms with Crippen LogP contribution in [0.3, 0.4) is 0 Å². The second kappa shape index (κ2) is 10.9. The van der Waals surface area contributed by atoms with Crippen molar-refractivity contribution >= 4 is 35.7 Å². The third-order valence-electron chi connectivity index (χ3n) is 2.54. The van der Waals surface area contributed by atoms with Crippen molar-refractivity contribution < 1.29 is 17.4 Å². The Kier molecular flexibility index (Phi) is 11.8. The minimum absolute atomic E-state index is 0. The van der Waals surface area contributed by atoms with Gasteiger partial charge in [-0.1, -0.05) is 19.9 Å². The molecule has 0 aliphatic heterocycles. The van der Waals surface area contributed by atoms with Crippen LogP contribution in [0, 0.1) is 12.1 Å². The smallest absolute Gasteiger partial charge is 0.283 e. The van der Waals surface area contributed by atoms with Crippen LogP contribution in [0.2, 0.25) is 0 Å². The van der Waals surface area contributed by atoms with Gasteiger partial charge in [-0.15, -0.1) is 42.7 Å². The van der Waals surface area contributed by atoms with Crippen LogP contribution in [0.5, 0.6) is 0 Å². The average molecular weight is 346 g/mol. The third kappa shape index (κ3) is 6.59. The van der Waals surface area contributed by atoms with E-state index in [4.69, 9.17) is 0 Å². The molecule has 0 fully saturated rings. The Morgan fingerprint density at radius 2 is 1.80 bits per heavy atom. The molecule has 1 aromatic carbocycles. The van der Waals surface area contributed by atoms with E-state index in [0.29, 0.717) is 0 Å². The molecule has 0 saturated heterocycles. The first-order chi connectivity index (χ1) is 8.25. The minimum atomic E-state index is 0. The summed E-state index contributed by atoms with van der Waals surface area (Å²) in [6, 6.07) is 12.9. The molecule has 1 aromatic heterocycles. The van der Waals surface area contributed by atoms with Crippen molar-refractivity contribution in [3.8, 4) is 0 Å². The zero-order chi connectivity index (χ0) is 12.1. The first-order valence-electron chi connectivity index (χ1n) is 5.72. The van der Waals surface area contributed by atoms with Crippen molar-refractivity contribution in [2.75, 3.05) is 0 Å². The summed E-state index contributed by atoms with van der Waals surface area (Å²) in [6.07, 6.45) is 8.18. The second-order valence-electron chi connectivity index (χ2n) is 4.14. The Morgan fingerprint density at radius 3 is 2.30 bits per heavy atom. The van der Waals surface area contributed by atoms with Crippen LogP contribution in [0.15, 0.2) is 53.8 Å². The van der Waals surface area contributed by atoms with Gasteiger partial charge in [0.1, 0.15) is 0 Å². The molecule has 3 rings (SSSR count). The second-order valence-corrected chi connectivity index (χ2v) is 4.14. The average Bonchev–Trinajstić information content (AvgIpc) is 2.74. The summed E-state index contributed by atoms with van der Waals surface area (Å²) in [6.45, 7) is 4.21. The molecule has 20 heavy (non-hydrogen) atoms. The molecule has 4 heteroatoms. The van der Waals surface area contributed by atoms with E-state index in [9.17, 15) is 0 Å². The number of allylic oxidation sites excluding steroid dienone is 4. The number of rotatable bonds is 0. The maximum atomic E-state index is 4.13. The topological polar surface area (TPSA) is 12.9 Å². The van der Waals surface area contributed by atoms with Gasteiger partial charge >= 0.3 is 17.4 Å². The molecule has 106 valence electrons. The van der Waals surface area contributed by atoms with E-state index in [2.05, 4.69) is 37.0 Å². The van der Waals surface area contributed by atoms with Gasteiger partial charge in [-0.25, -0.2) is 11.6 Å². The molecule has 1 aliphatic carbocycles. The molecule has 1 nitrogen and oxygen atoms in total. The van der Waals surface area contributed by atoms with Crippen molar-refractivity contribution in [1.29, 1.82) is 0 Å². The summed E-state index contributed by atoms with van der Waals surface area (Å²) in [5, 5.41) is 1.14. The molecule has 0 atom stereocenters. The van der Waals surface area contributed by atoms with Gasteiger partial charge < -0.3 is 0 Å². The van der Waals surface area contributed by atoms with E-state index in [1.54, 1.807) is 6.20 Å². The monoisotopic (exact) mass is 345 g/mol. The first-order valence-corrected chi connectivity index (χ1v) is 5.72. The fourth-order valence-electron chi connectivity index (χ4n) is 1.70. The van der Waals surface area contributed by atoms with E-state index in [0.717, 1.165) is 17.3 Å². The molecule has 0 amide bonds. The number of pyridine rings is 1. The van der Waals surface area contributed by atoms with Crippen molar-refractivity contribution in [2.24, 2.45) is 0 Å². The Hall–Kier alpha value is -0.778. The Morgan fingerprint density at radius 1 is 1.10 bits per heavy atom. The largest absolute Gasteiger partial charge is 2.00 e. The van der Waals surface area contributed by atoms with Crippen LogP contribution in [0.1, 0.15) is 20.3 Å². The zero-order valence-electron chi connectivity index (χ0n) is 11.4. The van der Waals surface area contributed by atoms with Crippen molar-refractivity contribution in [2.45, 2.75) is 20.3 Å². The maximum absolute atomic E-state index is 4.13. The molecule has 0 unspecified atom stereocenters. The molecule has 1 heterocycles. The number of hydrogen-bond donors (Lipinski definition) is 0. The molecule has 0 radical (unpaired) electrons. The van der Waals surface area contributed by atoms with Crippen LogP contribution in [0.4, 0.5) is 0 Å². The fourth-order valence-corrected chi connectivity index (χ4v) is 1.70.